The van der Waals surface area contributed by atoms with Gasteiger partial charge in [-0.25, -0.2) is 0 Å². The number of hydrogen-bond donors (Lipinski definition) is 1. The molecule has 0 spiro atoms. The van der Waals surface area contributed by atoms with E-state index in [1.807, 2.05) is 0 Å². The van der Waals surface area contributed by atoms with Gasteiger partial charge in [-0.1, -0.05) is 0 Å². The Morgan fingerprint density at radius 3 is 2.75 bits per heavy atom. The maximum atomic E-state index is 11.0. The van der Waals surface area contributed by atoms with Crippen LogP contribution in [0.3, 0.4) is 0 Å². The van der Waals surface area contributed by atoms with E-state index in [0.717, 1.165) is 0 Å². The molecule has 1 aromatic heterocycles. The van der Waals surface area contributed by atoms with Crippen molar-refractivity contribution in [2.24, 2.45) is 0 Å². The minimum atomic E-state index is -0.776. The SMILES string of the molecule is COc1cc2nn(CCC(C)(C)O)cc2cc1[N+](=O)[O-]. The summed E-state index contributed by atoms with van der Waals surface area (Å²) in [5.41, 5.74) is -0.229. The lowest BCUT2D eigenvalue weighted by Gasteiger charge is -2.16. The van der Waals surface area contributed by atoms with Crippen LogP contribution in [0.5, 0.6) is 5.75 Å². The van der Waals surface area contributed by atoms with Crippen LogP contribution in [-0.4, -0.2) is 32.5 Å². The fourth-order valence-electron chi connectivity index (χ4n) is 1.90. The molecule has 7 nitrogen and oxygen atoms in total. The summed E-state index contributed by atoms with van der Waals surface area (Å²) in [6.07, 6.45) is 2.27. The summed E-state index contributed by atoms with van der Waals surface area (Å²) in [6.45, 7) is 3.99. The Balaban J connectivity index is 2.36. The van der Waals surface area contributed by atoms with Crippen LogP contribution in [0.25, 0.3) is 10.9 Å². The molecular formula is C13H17N3O4. The second kappa shape index (κ2) is 5.09. The van der Waals surface area contributed by atoms with Crippen molar-refractivity contribution in [1.29, 1.82) is 0 Å². The molecule has 0 atom stereocenters. The summed E-state index contributed by atoms with van der Waals surface area (Å²) in [5, 5.41) is 25.7. The second-order valence-electron chi connectivity index (χ2n) is 5.29. The number of aliphatic hydroxyl groups is 1. The molecule has 0 fully saturated rings. The van der Waals surface area contributed by atoms with E-state index in [2.05, 4.69) is 5.10 Å². The van der Waals surface area contributed by atoms with Crippen molar-refractivity contribution in [2.45, 2.75) is 32.4 Å². The number of nitro groups is 1. The first-order valence-electron chi connectivity index (χ1n) is 6.22. The number of nitro benzene ring substituents is 1. The molecule has 0 radical (unpaired) electrons. The number of fused-ring (bicyclic) bond motifs is 1. The van der Waals surface area contributed by atoms with Crippen LogP contribution in [0.2, 0.25) is 0 Å². The predicted octanol–water partition coefficient (Wildman–Crippen LogP) is 2.11. The van der Waals surface area contributed by atoms with Crippen LogP contribution in [0.1, 0.15) is 20.3 Å². The topological polar surface area (TPSA) is 90.4 Å². The summed E-state index contributed by atoms with van der Waals surface area (Å²) in [6, 6.07) is 3.00. The van der Waals surface area contributed by atoms with E-state index in [1.165, 1.54) is 13.2 Å². The largest absolute Gasteiger partial charge is 0.490 e. The highest BCUT2D eigenvalue weighted by Crippen LogP contribution is 2.31. The summed E-state index contributed by atoms with van der Waals surface area (Å²) < 4.78 is 6.68. The number of methoxy groups -OCH3 is 1. The number of nitrogens with zero attached hydrogens (tertiary/aromatic N) is 3. The average Bonchev–Trinajstić information content (AvgIpc) is 2.75. The molecule has 0 aliphatic heterocycles. The first-order chi connectivity index (χ1) is 9.30. The molecule has 0 saturated heterocycles. The Morgan fingerprint density at radius 2 is 2.20 bits per heavy atom. The molecule has 2 rings (SSSR count). The molecule has 0 saturated carbocycles. The number of rotatable bonds is 5. The normalized spacial score (nSPS) is 11.8. The highest BCUT2D eigenvalue weighted by molar-refractivity contribution is 5.83. The van der Waals surface area contributed by atoms with Crippen molar-refractivity contribution in [2.75, 3.05) is 7.11 Å². The maximum Gasteiger partial charge on any atom is 0.311 e. The number of aromatic nitrogens is 2. The van der Waals surface area contributed by atoms with Crippen LogP contribution < -0.4 is 4.74 Å². The smallest absolute Gasteiger partial charge is 0.311 e. The summed E-state index contributed by atoms with van der Waals surface area (Å²) in [4.78, 5) is 10.5. The highest BCUT2D eigenvalue weighted by Gasteiger charge is 2.18. The summed E-state index contributed by atoms with van der Waals surface area (Å²) in [7, 11) is 1.39. The lowest BCUT2D eigenvalue weighted by Crippen LogP contribution is -2.21. The molecule has 7 heteroatoms. The highest BCUT2D eigenvalue weighted by atomic mass is 16.6. The molecule has 2 aromatic rings. The van der Waals surface area contributed by atoms with Gasteiger partial charge < -0.3 is 9.84 Å². The van der Waals surface area contributed by atoms with E-state index in [-0.39, 0.29) is 11.4 Å². The molecule has 1 heterocycles. The number of aryl methyl sites for hydroxylation is 1. The van der Waals surface area contributed by atoms with E-state index in [9.17, 15) is 15.2 Å². The van der Waals surface area contributed by atoms with Crippen molar-refractivity contribution in [3.63, 3.8) is 0 Å². The van der Waals surface area contributed by atoms with E-state index in [0.29, 0.717) is 23.9 Å². The lowest BCUT2D eigenvalue weighted by atomic mass is 10.1. The lowest BCUT2D eigenvalue weighted by molar-refractivity contribution is -0.385. The van der Waals surface area contributed by atoms with E-state index in [1.54, 1.807) is 30.8 Å². The van der Waals surface area contributed by atoms with Crippen molar-refractivity contribution in [3.8, 4) is 5.75 Å². The molecule has 1 aromatic carbocycles. The van der Waals surface area contributed by atoms with Crippen molar-refractivity contribution in [1.82, 2.24) is 9.78 Å². The monoisotopic (exact) mass is 279 g/mol. The summed E-state index contributed by atoms with van der Waals surface area (Å²) in [5.74, 6) is 0.190. The molecule has 108 valence electrons. The Morgan fingerprint density at radius 1 is 1.50 bits per heavy atom. The standard InChI is InChI=1S/C13H17N3O4/c1-13(2,17)4-5-15-8-9-6-11(16(18)19)12(20-3)7-10(9)14-15/h6-8,17H,4-5H2,1-3H3. The first-order valence-corrected chi connectivity index (χ1v) is 6.22. The van der Waals surface area contributed by atoms with Gasteiger partial charge in [0, 0.05) is 30.3 Å². The molecular weight excluding hydrogens is 262 g/mol. The van der Waals surface area contributed by atoms with E-state index >= 15 is 0 Å². The van der Waals surface area contributed by atoms with Gasteiger partial charge in [0.15, 0.2) is 5.75 Å². The summed E-state index contributed by atoms with van der Waals surface area (Å²) >= 11 is 0. The van der Waals surface area contributed by atoms with E-state index in [4.69, 9.17) is 4.74 Å². The van der Waals surface area contributed by atoms with Crippen molar-refractivity contribution < 1.29 is 14.8 Å². The fourth-order valence-corrected chi connectivity index (χ4v) is 1.90. The third-order valence-corrected chi connectivity index (χ3v) is 3.00. The Labute approximate surface area is 115 Å². The maximum absolute atomic E-state index is 11.0. The van der Waals surface area contributed by atoms with Gasteiger partial charge in [0.25, 0.3) is 0 Å². The van der Waals surface area contributed by atoms with Gasteiger partial charge in [-0.05, 0) is 20.3 Å². The number of ether oxygens (including phenoxy) is 1. The quantitative estimate of drug-likeness (QED) is 0.668. The zero-order chi connectivity index (χ0) is 14.9. The Kier molecular flexibility index (Phi) is 3.63. The van der Waals surface area contributed by atoms with Gasteiger partial charge >= 0.3 is 5.69 Å². The molecule has 0 aliphatic rings. The van der Waals surface area contributed by atoms with Gasteiger partial charge in [0.2, 0.25) is 0 Å². The molecule has 0 aliphatic carbocycles. The predicted molar refractivity (Wildman–Crippen MR) is 73.9 cm³/mol. The van der Waals surface area contributed by atoms with Crippen LogP contribution in [0.15, 0.2) is 18.3 Å². The minimum absolute atomic E-state index is 0.0814. The Bertz CT molecular complexity index is 643. The third-order valence-electron chi connectivity index (χ3n) is 3.00. The Hall–Kier alpha value is -2.15. The van der Waals surface area contributed by atoms with Gasteiger partial charge in [0.05, 0.1) is 23.2 Å². The number of hydrogen-bond acceptors (Lipinski definition) is 5. The van der Waals surface area contributed by atoms with Gasteiger partial charge in [-0.3, -0.25) is 14.8 Å². The fraction of sp³-hybridized carbons (Fsp3) is 0.462. The molecule has 0 unspecified atom stereocenters. The minimum Gasteiger partial charge on any atom is -0.490 e. The average molecular weight is 279 g/mol. The molecule has 0 amide bonds. The van der Waals surface area contributed by atoms with Crippen LogP contribution >= 0.6 is 0 Å². The van der Waals surface area contributed by atoms with Gasteiger partial charge in [-0.2, -0.15) is 5.10 Å². The van der Waals surface area contributed by atoms with E-state index < -0.39 is 10.5 Å². The van der Waals surface area contributed by atoms with Crippen molar-refractivity contribution in [3.05, 3.63) is 28.4 Å². The van der Waals surface area contributed by atoms with Crippen LogP contribution in [0.4, 0.5) is 5.69 Å². The van der Waals surface area contributed by atoms with Gasteiger partial charge in [-0.15, -0.1) is 0 Å². The molecule has 20 heavy (non-hydrogen) atoms. The van der Waals surface area contributed by atoms with Crippen molar-refractivity contribution >= 4 is 16.6 Å². The first kappa shape index (κ1) is 14.3. The van der Waals surface area contributed by atoms with Crippen LogP contribution in [0, 0.1) is 10.1 Å². The third kappa shape index (κ3) is 3.05. The molecule has 0 bridgehead atoms. The molecule has 1 N–H and O–H groups in total. The van der Waals surface area contributed by atoms with Gasteiger partial charge in [0.1, 0.15) is 0 Å². The zero-order valence-electron chi connectivity index (χ0n) is 11.7. The second-order valence-corrected chi connectivity index (χ2v) is 5.29. The number of benzene rings is 1. The van der Waals surface area contributed by atoms with Crippen LogP contribution in [-0.2, 0) is 6.54 Å². The zero-order valence-corrected chi connectivity index (χ0v) is 11.7.